The molecular weight excluding hydrogens is 472 g/mol. The number of ether oxygens (including phenoxy) is 6. The second-order valence-corrected chi connectivity index (χ2v) is 7.78. The van der Waals surface area contributed by atoms with E-state index in [0.29, 0.717) is 0 Å². The van der Waals surface area contributed by atoms with Crippen LogP contribution in [0.3, 0.4) is 0 Å². The van der Waals surface area contributed by atoms with Crippen LogP contribution >= 0.6 is 0 Å². The first-order valence-corrected chi connectivity index (χ1v) is 10.9. The van der Waals surface area contributed by atoms with Crippen molar-refractivity contribution in [3.8, 4) is 11.5 Å². The molecule has 0 amide bonds. The number of hydrogen-bond donors (Lipinski definition) is 0. The Bertz CT molecular complexity index is 1070. The first-order valence-electron chi connectivity index (χ1n) is 10.9. The van der Waals surface area contributed by atoms with Gasteiger partial charge in [-0.05, 0) is 48.5 Å². The van der Waals surface area contributed by atoms with Gasteiger partial charge in [0.1, 0.15) is 23.7 Å². The van der Waals surface area contributed by atoms with Gasteiger partial charge in [-0.3, -0.25) is 0 Å². The Morgan fingerprint density at radius 1 is 0.667 bits per heavy atom. The van der Waals surface area contributed by atoms with Gasteiger partial charge in [0.05, 0.1) is 24.3 Å². The maximum Gasteiger partial charge on any atom is 0.338 e. The molecule has 4 atom stereocenters. The van der Waals surface area contributed by atoms with Gasteiger partial charge in [-0.25, -0.2) is 19.2 Å². The first kappa shape index (κ1) is 24.8. The van der Waals surface area contributed by atoms with Crippen LogP contribution in [0.15, 0.2) is 73.8 Å². The number of carbonyl (C=O) groups excluding carboxylic acids is 4. The smallest absolute Gasteiger partial charge is 0.338 e. The van der Waals surface area contributed by atoms with Crippen LogP contribution < -0.4 is 9.47 Å². The Balaban J connectivity index is 1.30. The van der Waals surface area contributed by atoms with Crippen molar-refractivity contribution in [1.29, 1.82) is 0 Å². The minimum absolute atomic E-state index is 0.0769. The predicted molar refractivity (Wildman–Crippen MR) is 122 cm³/mol. The Kier molecular flexibility index (Phi) is 7.57. The van der Waals surface area contributed by atoms with E-state index < -0.39 is 48.3 Å². The minimum atomic E-state index is -0.691. The van der Waals surface area contributed by atoms with Crippen LogP contribution in [-0.4, -0.2) is 61.5 Å². The van der Waals surface area contributed by atoms with Crippen molar-refractivity contribution >= 4 is 23.9 Å². The Morgan fingerprint density at radius 2 is 1.03 bits per heavy atom. The fraction of sp³-hybridized carbons (Fsp3) is 0.231. The van der Waals surface area contributed by atoms with E-state index in [1.807, 2.05) is 0 Å². The molecule has 4 rings (SSSR count). The molecule has 2 aromatic carbocycles. The van der Waals surface area contributed by atoms with E-state index in [1.165, 1.54) is 48.5 Å². The van der Waals surface area contributed by atoms with E-state index in [2.05, 4.69) is 13.2 Å². The highest BCUT2D eigenvalue weighted by atomic mass is 16.7. The molecule has 0 bridgehead atoms. The summed E-state index contributed by atoms with van der Waals surface area (Å²) in [4.78, 5) is 47.6. The molecule has 2 aliphatic heterocycles. The van der Waals surface area contributed by atoms with Crippen LogP contribution in [0.2, 0.25) is 0 Å². The number of fused-ring (bicyclic) bond motifs is 1. The molecule has 2 heterocycles. The molecule has 2 aromatic rings. The molecule has 2 aliphatic rings. The fourth-order valence-electron chi connectivity index (χ4n) is 3.68. The second-order valence-electron chi connectivity index (χ2n) is 7.78. The van der Waals surface area contributed by atoms with E-state index in [-0.39, 0.29) is 35.8 Å². The Morgan fingerprint density at radius 3 is 1.36 bits per heavy atom. The third kappa shape index (κ3) is 5.68. The zero-order chi connectivity index (χ0) is 25.7. The summed E-state index contributed by atoms with van der Waals surface area (Å²) in [6.07, 6.45) is -0.513. The van der Waals surface area contributed by atoms with E-state index in [1.54, 1.807) is 0 Å². The number of rotatable bonds is 8. The Hall–Kier alpha value is -4.28. The molecule has 2 saturated heterocycles. The number of hydrogen-bond acceptors (Lipinski definition) is 10. The van der Waals surface area contributed by atoms with Gasteiger partial charge in [0.25, 0.3) is 0 Å². The molecule has 10 nitrogen and oxygen atoms in total. The van der Waals surface area contributed by atoms with E-state index >= 15 is 0 Å². The van der Waals surface area contributed by atoms with Crippen molar-refractivity contribution in [3.63, 3.8) is 0 Å². The summed E-state index contributed by atoms with van der Waals surface area (Å²) in [6, 6.07) is 11.7. The maximum atomic E-state index is 12.6. The van der Waals surface area contributed by atoms with Crippen molar-refractivity contribution in [2.45, 2.75) is 24.4 Å². The number of esters is 4. The number of benzene rings is 2. The molecule has 0 radical (unpaired) electrons. The highest BCUT2D eigenvalue weighted by Crippen LogP contribution is 2.31. The van der Waals surface area contributed by atoms with E-state index in [0.717, 1.165) is 12.2 Å². The molecule has 186 valence electrons. The summed E-state index contributed by atoms with van der Waals surface area (Å²) in [5.74, 6) is -1.91. The highest BCUT2D eigenvalue weighted by Gasteiger charge is 2.51. The SMILES string of the molecule is C=CC(=O)Oc1ccc(C(=O)O[C@H]2COC3C2OC[C@H]3OC(=O)c2ccc(OC(=O)C=C)cc2)cc1. The van der Waals surface area contributed by atoms with Crippen molar-refractivity contribution in [3.05, 3.63) is 85.0 Å². The topological polar surface area (TPSA) is 124 Å². The molecule has 0 aliphatic carbocycles. The van der Waals surface area contributed by atoms with Crippen molar-refractivity contribution < 1.29 is 47.6 Å². The van der Waals surface area contributed by atoms with Crippen molar-refractivity contribution in [1.82, 2.24) is 0 Å². The zero-order valence-electron chi connectivity index (χ0n) is 19.0. The fourth-order valence-corrected chi connectivity index (χ4v) is 3.68. The summed E-state index contributed by atoms with van der Waals surface area (Å²) < 4.78 is 32.5. The Labute approximate surface area is 206 Å². The van der Waals surface area contributed by atoms with Crippen LogP contribution in [0, 0.1) is 0 Å². The van der Waals surface area contributed by atoms with Gasteiger partial charge in [0.2, 0.25) is 0 Å². The van der Waals surface area contributed by atoms with Crippen LogP contribution in [0.5, 0.6) is 11.5 Å². The lowest BCUT2D eigenvalue weighted by Crippen LogP contribution is -2.36. The van der Waals surface area contributed by atoms with Gasteiger partial charge >= 0.3 is 23.9 Å². The van der Waals surface area contributed by atoms with Gasteiger partial charge in [0.15, 0.2) is 12.2 Å². The molecule has 0 N–H and O–H groups in total. The molecule has 0 aromatic heterocycles. The van der Waals surface area contributed by atoms with Crippen LogP contribution in [0.4, 0.5) is 0 Å². The second kappa shape index (κ2) is 11.0. The zero-order valence-corrected chi connectivity index (χ0v) is 19.0. The monoisotopic (exact) mass is 494 g/mol. The summed E-state index contributed by atoms with van der Waals surface area (Å²) >= 11 is 0. The highest BCUT2D eigenvalue weighted by molar-refractivity contribution is 5.90. The lowest BCUT2D eigenvalue weighted by Gasteiger charge is -2.17. The average molecular weight is 494 g/mol. The van der Waals surface area contributed by atoms with E-state index in [9.17, 15) is 19.2 Å². The summed E-state index contributed by atoms with van der Waals surface area (Å²) in [5, 5.41) is 0. The molecule has 36 heavy (non-hydrogen) atoms. The van der Waals surface area contributed by atoms with Gasteiger partial charge < -0.3 is 28.4 Å². The quantitative estimate of drug-likeness (QED) is 0.307. The summed E-state index contributed by atoms with van der Waals surface area (Å²) in [5.41, 5.74) is 0.500. The number of carbonyl (C=O) groups is 4. The summed E-state index contributed by atoms with van der Waals surface area (Å²) in [6.45, 7) is 6.79. The van der Waals surface area contributed by atoms with Crippen molar-refractivity contribution in [2.75, 3.05) is 13.2 Å². The van der Waals surface area contributed by atoms with Gasteiger partial charge in [-0.2, -0.15) is 0 Å². The summed E-state index contributed by atoms with van der Waals surface area (Å²) in [7, 11) is 0. The third-order valence-corrected chi connectivity index (χ3v) is 5.43. The van der Waals surface area contributed by atoms with Crippen LogP contribution in [0.1, 0.15) is 20.7 Å². The lowest BCUT2D eigenvalue weighted by molar-refractivity contribution is -0.129. The molecular formula is C26H22O10. The third-order valence-electron chi connectivity index (χ3n) is 5.43. The first-order chi connectivity index (χ1) is 17.4. The van der Waals surface area contributed by atoms with Gasteiger partial charge in [-0.1, -0.05) is 13.2 Å². The average Bonchev–Trinajstić information content (AvgIpc) is 3.47. The van der Waals surface area contributed by atoms with E-state index in [4.69, 9.17) is 28.4 Å². The predicted octanol–water partition coefficient (Wildman–Crippen LogP) is 2.42. The molecule has 10 heteroatoms. The normalized spacial score (nSPS) is 22.1. The molecule has 0 saturated carbocycles. The van der Waals surface area contributed by atoms with Gasteiger partial charge in [-0.15, -0.1) is 0 Å². The lowest BCUT2D eigenvalue weighted by atomic mass is 10.1. The standard InChI is InChI=1S/C26H22O10/c1-3-21(27)33-17-9-5-15(6-10-17)25(29)35-19-13-31-24-20(14-32-23(19)24)36-26(30)16-7-11-18(12-8-16)34-22(28)4-2/h3-12,19-20,23-24H,1-2,13-14H2/t19-,20+,23?,24?. The van der Waals surface area contributed by atoms with Gasteiger partial charge in [0, 0.05) is 12.2 Å². The molecule has 2 unspecified atom stereocenters. The van der Waals surface area contributed by atoms with Crippen LogP contribution in [0.25, 0.3) is 0 Å². The molecule has 2 fully saturated rings. The largest absolute Gasteiger partial charge is 0.453 e. The minimum Gasteiger partial charge on any atom is -0.453 e. The van der Waals surface area contributed by atoms with Crippen LogP contribution in [-0.2, 0) is 28.5 Å². The maximum absolute atomic E-state index is 12.6. The molecule has 0 spiro atoms. The van der Waals surface area contributed by atoms with Crippen molar-refractivity contribution in [2.24, 2.45) is 0 Å².